The van der Waals surface area contributed by atoms with Crippen LogP contribution in [0.25, 0.3) is 0 Å². The van der Waals surface area contributed by atoms with Gasteiger partial charge in [0.25, 0.3) is 11.6 Å². The number of carbonyl (C=O) groups excluding carboxylic acids is 1. The first-order chi connectivity index (χ1) is 12.1. The van der Waals surface area contributed by atoms with Gasteiger partial charge in [-0.3, -0.25) is 14.9 Å². The van der Waals surface area contributed by atoms with E-state index in [1.807, 2.05) is 6.07 Å². The number of nitrogens with one attached hydrogen (secondary N) is 2. The second kappa shape index (κ2) is 7.76. The molecule has 0 aliphatic carbocycles. The topological polar surface area (TPSA) is 93.5 Å². The molecular formula is C18H19N3O4. The van der Waals surface area contributed by atoms with Gasteiger partial charge in [-0.25, -0.2) is 0 Å². The fraction of sp³-hybridized carbons (Fsp3) is 0.278. The van der Waals surface area contributed by atoms with Crippen molar-refractivity contribution in [2.75, 3.05) is 23.8 Å². The summed E-state index contributed by atoms with van der Waals surface area (Å²) >= 11 is 0. The number of nitrogens with zero attached hydrogens (tertiary/aromatic N) is 1. The van der Waals surface area contributed by atoms with E-state index < -0.39 is 4.92 Å². The van der Waals surface area contributed by atoms with Gasteiger partial charge in [-0.15, -0.1) is 0 Å². The Hall–Kier alpha value is -2.93. The van der Waals surface area contributed by atoms with Crippen molar-refractivity contribution in [1.82, 2.24) is 0 Å². The Labute approximate surface area is 145 Å². The van der Waals surface area contributed by atoms with Crippen LogP contribution in [0.4, 0.5) is 17.1 Å². The third-order valence-corrected chi connectivity index (χ3v) is 4.03. The number of carbonyl (C=O) groups is 1. The van der Waals surface area contributed by atoms with Gasteiger partial charge in [0.1, 0.15) is 5.69 Å². The highest BCUT2D eigenvalue weighted by Gasteiger charge is 2.20. The van der Waals surface area contributed by atoms with Crippen LogP contribution in [0.3, 0.4) is 0 Å². The summed E-state index contributed by atoms with van der Waals surface area (Å²) in [5.74, 6) is -0.389. The van der Waals surface area contributed by atoms with Gasteiger partial charge >= 0.3 is 0 Å². The van der Waals surface area contributed by atoms with Gasteiger partial charge in [0.05, 0.1) is 11.0 Å². The Kier molecular flexibility index (Phi) is 5.25. The number of hydrogen-bond acceptors (Lipinski definition) is 5. The second-order valence-electron chi connectivity index (χ2n) is 5.83. The van der Waals surface area contributed by atoms with E-state index in [4.69, 9.17) is 4.74 Å². The van der Waals surface area contributed by atoms with E-state index in [1.165, 1.54) is 6.07 Å². The zero-order valence-electron chi connectivity index (χ0n) is 13.6. The summed E-state index contributed by atoms with van der Waals surface area (Å²) in [5, 5.41) is 17.1. The number of amides is 1. The van der Waals surface area contributed by atoms with Crippen molar-refractivity contribution < 1.29 is 14.5 Å². The van der Waals surface area contributed by atoms with Crippen molar-refractivity contribution in [2.24, 2.45) is 0 Å². The minimum atomic E-state index is -0.489. The van der Waals surface area contributed by atoms with Gasteiger partial charge in [-0.2, -0.15) is 0 Å². The normalized spacial score (nSPS) is 16.4. The number of hydrogen-bond donors (Lipinski definition) is 2. The van der Waals surface area contributed by atoms with Gasteiger partial charge in [0, 0.05) is 30.5 Å². The fourth-order valence-corrected chi connectivity index (χ4v) is 2.73. The van der Waals surface area contributed by atoms with E-state index in [2.05, 4.69) is 10.6 Å². The van der Waals surface area contributed by atoms with Crippen LogP contribution < -0.4 is 10.6 Å². The molecule has 1 fully saturated rings. The Morgan fingerprint density at radius 2 is 2.04 bits per heavy atom. The van der Waals surface area contributed by atoms with E-state index in [0.717, 1.165) is 19.4 Å². The first-order valence-corrected chi connectivity index (χ1v) is 8.14. The summed E-state index contributed by atoms with van der Waals surface area (Å²) < 4.78 is 5.51. The minimum Gasteiger partial charge on any atom is -0.377 e. The highest BCUT2D eigenvalue weighted by Crippen LogP contribution is 2.26. The standard InChI is InChI=1S/C18H19N3O4/c22-18(20-14-5-2-1-3-6-14)13-8-9-16(17(11-13)21(23)24)19-12-15-7-4-10-25-15/h1-3,5-6,8-9,11,15,19H,4,7,10,12H2,(H,20,22)/t15-/m0/s1. The Morgan fingerprint density at radius 3 is 2.72 bits per heavy atom. The molecule has 0 aromatic heterocycles. The molecule has 0 radical (unpaired) electrons. The Bertz CT molecular complexity index is 758. The van der Waals surface area contributed by atoms with Crippen LogP contribution in [0.15, 0.2) is 48.5 Å². The molecule has 3 rings (SSSR count). The molecule has 0 spiro atoms. The van der Waals surface area contributed by atoms with Crippen LogP contribution in [-0.4, -0.2) is 30.1 Å². The van der Waals surface area contributed by atoms with E-state index in [9.17, 15) is 14.9 Å². The molecule has 2 N–H and O–H groups in total. The van der Waals surface area contributed by atoms with Gasteiger partial charge in [0.2, 0.25) is 0 Å². The molecule has 0 saturated carbocycles. The number of benzene rings is 2. The average molecular weight is 341 g/mol. The number of nitro groups is 1. The van der Waals surface area contributed by atoms with Crippen LogP contribution in [0, 0.1) is 10.1 Å². The molecule has 7 heteroatoms. The smallest absolute Gasteiger partial charge is 0.293 e. The van der Waals surface area contributed by atoms with Crippen molar-refractivity contribution in [3.8, 4) is 0 Å². The zero-order chi connectivity index (χ0) is 17.6. The van der Waals surface area contributed by atoms with Crippen molar-refractivity contribution >= 4 is 23.0 Å². The van der Waals surface area contributed by atoms with Crippen molar-refractivity contribution in [3.05, 3.63) is 64.2 Å². The van der Waals surface area contributed by atoms with E-state index in [0.29, 0.717) is 17.9 Å². The number of rotatable bonds is 6. The van der Waals surface area contributed by atoms with Gasteiger partial charge in [-0.1, -0.05) is 18.2 Å². The largest absolute Gasteiger partial charge is 0.377 e. The summed E-state index contributed by atoms with van der Waals surface area (Å²) in [6.07, 6.45) is 2.02. The number of ether oxygens (including phenoxy) is 1. The summed E-state index contributed by atoms with van der Waals surface area (Å²) in [5.41, 5.74) is 1.13. The third-order valence-electron chi connectivity index (χ3n) is 4.03. The first-order valence-electron chi connectivity index (χ1n) is 8.14. The predicted octanol–water partition coefficient (Wildman–Crippen LogP) is 3.44. The van der Waals surface area contributed by atoms with Gasteiger partial charge < -0.3 is 15.4 Å². The molecule has 2 aromatic carbocycles. The number of para-hydroxylation sites is 1. The van der Waals surface area contributed by atoms with E-state index in [1.54, 1.807) is 36.4 Å². The monoisotopic (exact) mass is 341 g/mol. The molecule has 1 aliphatic heterocycles. The molecule has 1 heterocycles. The molecule has 1 amide bonds. The van der Waals surface area contributed by atoms with Gasteiger partial charge in [-0.05, 0) is 37.1 Å². The molecule has 1 atom stereocenters. The molecule has 1 aliphatic rings. The van der Waals surface area contributed by atoms with Crippen LogP contribution in [0.1, 0.15) is 23.2 Å². The lowest BCUT2D eigenvalue weighted by atomic mass is 10.1. The van der Waals surface area contributed by atoms with Crippen molar-refractivity contribution in [2.45, 2.75) is 18.9 Å². The summed E-state index contributed by atoms with van der Waals surface area (Å²) in [6, 6.07) is 13.4. The molecule has 25 heavy (non-hydrogen) atoms. The van der Waals surface area contributed by atoms with Crippen LogP contribution >= 0.6 is 0 Å². The lowest BCUT2D eigenvalue weighted by Crippen LogP contribution is -2.19. The highest BCUT2D eigenvalue weighted by atomic mass is 16.6. The lowest BCUT2D eigenvalue weighted by molar-refractivity contribution is -0.384. The maximum Gasteiger partial charge on any atom is 0.293 e. The predicted molar refractivity (Wildman–Crippen MR) is 95.0 cm³/mol. The summed E-state index contributed by atoms with van der Waals surface area (Å²) in [4.78, 5) is 23.2. The van der Waals surface area contributed by atoms with Crippen molar-refractivity contribution in [3.63, 3.8) is 0 Å². The Balaban J connectivity index is 1.73. The molecule has 0 bridgehead atoms. The molecule has 130 valence electrons. The SMILES string of the molecule is O=C(Nc1ccccc1)c1ccc(NC[C@@H]2CCCO2)c([N+](=O)[O-])c1. The first kappa shape index (κ1) is 16.9. The number of anilines is 2. The molecule has 0 unspecified atom stereocenters. The van der Waals surface area contributed by atoms with Crippen molar-refractivity contribution in [1.29, 1.82) is 0 Å². The summed E-state index contributed by atoms with van der Waals surface area (Å²) in [7, 11) is 0. The molecule has 1 saturated heterocycles. The number of nitro benzene ring substituents is 1. The van der Waals surface area contributed by atoms with Gasteiger partial charge in [0.15, 0.2) is 0 Å². The minimum absolute atomic E-state index is 0.0701. The van der Waals surface area contributed by atoms with Crippen LogP contribution in [0.5, 0.6) is 0 Å². The summed E-state index contributed by atoms with van der Waals surface area (Å²) in [6.45, 7) is 1.24. The Morgan fingerprint density at radius 1 is 1.24 bits per heavy atom. The zero-order valence-corrected chi connectivity index (χ0v) is 13.6. The van der Waals surface area contributed by atoms with Crippen LogP contribution in [0.2, 0.25) is 0 Å². The van der Waals surface area contributed by atoms with Crippen LogP contribution in [-0.2, 0) is 4.74 Å². The van der Waals surface area contributed by atoms with E-state index in [-0.39, 0.29) is 23.3 Å². The fourth-order valence-electron chi connectivity index (χ4n) is 2.73. The molecule has 7 nitrogen and oxygen atoms in total. The maximum absolute atomic E-state index is 12.3. The van der Waals surface area contributed by atoms with E-state index >= 15 is 0 Å². The highest BCUT2D eigenvalue weighted by molar-refractivity contribution is 6.05. The maximum atomic E-state index is 12.3. The lowest BCUT2D eigenvalue weighted by Gasteiger charge is -2.13. The molecule has 2 aromatic rings. The quantitative estimate of drug-likeness (QED) is 0.620. The second-order valence-corrected chi connectivity index (χ2v) is 5.83. The third kappa shape index (κ3) is 4.33. The molecular weight excluding hydrogens is 322 g/mol. The average Bonchev–Trinajstić information content (AvgIpc) is 3.14.